The highest BCUT2D eigenvalue weighted by Gasteiger charge is 2.45. The highest BCUT2D eigenvalue weighted by molar-refractivity contribution is 6.16. The number of allylic oxidation sites excluding steroid dienone is 2. The second-order valence-corrected chi connectivity index (χ2v) is 6.81. The molecule has 0 fully saturated rings. The maximum Gasteiger partial charge on any atom is 0.231 e. The third kappa shape index (κ3) is 2.17. The van der Waals surface area contributed by atoms with E-state index in [1.165, 1.54) is 6.26 Å². The number of Topliss-reactive ketones (excluding diaryl/α,β-unsaturated/α-hetero) is 1. The zero-order valence-corrected chi connectivity index (χ0v) is 14.5. The van der Waals surface area contributed by atoms with Crippen molar-refractivity contribution in [1.29, 1.82) is 0 Å². The average Bonchev–Trinajstić information content (AvgIpc) is 3.04. The summed E-state index contributed by atoms with van der Waals surface area (Å²) in [5.41, 5.74) is 0.0874. The van der Waals surface area contributed by atoms with Crippen LogP contribution in [0.2, 0.25) is 0 Å². The van der Waals surface area contributed by atoms with Crippen LogP contribution in [0.1, 0.15) is 61.5 Å². The SMILES string of the molecule is CCCC[C@@]1(C)C(C)=C(O)C(=O)c2c1c(O)c1occ(CO)c1c2O. The number of fused-ring (bicyclic) bond motifs is 2. The van der Waals surface area contributed by atoms with Crippen LogP contribution in [-0.4, -0.2) is 26.2 Å². The van der Waals surface area contributed by atoms with Crippen LogP contribution in [0, 0.1) is 0 Å². The van der Waals surface area contributed by atoms with Crippen LogP contribution in [0.3, 0.4) is 0 Å². The number of phenols is 2. The quantitative estimate of drug-likeness (QED) is 0.626. The van der Waals surface area contributed by atoms with Crippen LogP contribution in [0.4, 0.5) is 0 Å². The maximum absolute atomic E-state index is 12.7. The number of hydrogen-bond acceptors (Lipinski definition) is 6. The molecule has 1 atom stereocenters. The molecule has 1 aromatic heterocycles. The van der Waals surface area contributed by atoms with Gasteiger partial charge in [-0.25, -0.2) is 0 Å². The van der Waals surface area contributed by atoms with E-state index in [1.54, 1.807) is 6.92 Å². The number of benzene rings is 1. The molecule has 134 valence electrons. The normalized spacial score (nSPS) is 20.4. The Hall–Kier alpha value is -2.47. The Morgan fingerprint density at radius 2 is 1.88 bits per heavy atom. The van der Waals surface area contributed by atoms with E-state index in [1.807, 2.05) is 13.8 Å². The molecule has 6 heteroatoms. The Morgan fingerprint density at radius 1 is 1.20 bits per heavy atom. The number of phenolic OH excluding ortho intramolecular Hbond substituents is 2. The van der Waals surface area contributed by atoms with E-state index in [2.05, 4.69) is 0 Å². The molecule has 0 aliphatic heterocycles. The first-order chi connectivity index (χ1) is 11.8. The van der Waals surface area contributed by atoms with Gasteiger partial charge in [-0.1, -0.05) is 26.7 Å². The largest absolute Gasteiger partial charge is 0.506 e. The molecule has 0 bridgehead atoms. The molecule has 0 radical (unpaired) electrons. The van der Waals surface area contributed by atoms with Gasteiger partial charge in [0.2, 0.25) is 5.78 Å². The maximum atomic E-state index is 12.7. The van der Waals surface area contributed by atoms with Gasteiger partial charge in [-0.2, -0.15) is 0 Å². The van der Waals surface area contributed by atoms with Gasteiger partial charge in [0.1, 0.15) is 5.75 Å². The molecule has 0 amide bonds. The van der Waals surface area contributed by atoms with Crippen molar-refractivity contribution >= 4 is 16.8 Å². The average molecular weight is 346 g/mol. The topological polar surface area (TPSA) is 111 Å². The Morgan fingerprint density at radius 3 is 2.48 bits per heavy atom. The molecular weight excluding hydrogens is 324 g/mol. The minimum Gasteiger partial charge on any atom is -0.506 e. The van der Waals surface area contributed by atoms with Crippen LogP contribution >= 0.6 is 0 Å². The number of aromatic hydroxyl groups is 2. The first-order valence-electron chi connectivity index (χ1n) is 8.33. The molecule has 1 aliphatic rings. The van der Waals surface area contributed by atoms with Crippen molar-refractivity contribution in [1.82, 2.24) is 0 Å². The van der Waals surface area contributed by atoms with E-state index in [9.17, 15) is 25.2 Å². The molecular formula is C19H22O6. The molecule has 4 N–H and O–H groups in total. The van der Waals surface area contributed by atoms with Crippen LogP contribution in [0.15, 0.2) is 22.0 Å². The van der Waals surface area contributed by atoms with Crippen molar-refractivity contribution in [3.05, 3.63) is 34.3 Å². The van der Waals surface area contributed by atoms with Crippen molar-refractivity contribution < 1.29 is 29.6 Å². The standard InChI is InChI=1S/C19H22O6/c1-4-5-6-19(3)9(2)14(21)16(23)12-13(19)17(24)18-11(15(12)22)10(7-20)8-25-18/h8,20-22,24H,4-7H2,1-3H3/t19-/m0/s1. The summed E-state index contributed by atoms with van der Waals surface area (Å²) in [4.78, 5) is 12.7. The number of ketones is 1. The second-order valence-electron chi connectivity index (χ2n) is 6.81. The van der Waals surface area contributed by atoms with Gasteiger partial charge in [0.05, 0.1) is 23.8 Å². The number of carbonyl (C=O) groups is 1. The highest BCUT2D eigenvalue weighted by atomic mass is 16.4. The Kier molecular flexibility index (Phi) is 4.03. The molecule has 25 heavy (non-hydrogen) atoms. The van der Waals surface area contributed by atoms with Crippen LogP contribution < -0.4 is 0 Å². The number of aliphatic hydroxyl groups excluding tert-OH is 2. The summed E-state index contributed by atoms with van der Waals surface area (Å²) >= 11 is 0. The number of unbranched alkanes of at least 4 members (excludes halogenated alkanes) is 1. The fourth-order valence-electron chi connectivity index (χ4n) is 3.76. The van der Waals surface area contributed by atoms with Crippen molar-refractivity contribution in [3.63, 3.8) is 0 Å². The molecule has 1 aliphatic carbocycles. The van der Waals surface area contributed by atoms with E-state index in [0.29, 0.717) is 12.0 Å². The van der Waals surface area contributed by atoms with E-state index < -0.39 is 23.6 Å². The Balaban J connectivity index is 2.44. The number of hydrogen-bond donors (Lipinski definition) is 4. The lowest BCUT2D eigenvalue weighted by Crippen LogP contribution is -2.33. The lowest BCUT2D eigenvalue weighted by molar-refractivity contribution is 0.0958. The van der Waals surface area contributed by atoms with Gasteiger partial charge in [0.15, 0.2) is 17.1 Å². The first kappa shape index (κ1) is 17.4. The third-order valence-electron chi connectivity index (χ3n) is 5.42. The van der Waals surface area contributed by atoms with Gasteiger partial charge in [0, 0.05) is 16.5 Å². The Bertz CT molecular complexity index is 905. The van der Waals surface area contributed by atoms with E-state index in [0.717, 1.165) is 12.8 Å². The number of aliphatic hydroxyl groups is 2. The summed E-state index contributed by atoms with van der Waals surface area (Å²) in [6, 6.07) is 0. The minimum atomic E-state index is -0.814. The van der Waals surface area contributed by atoms with Crippen LogP contribution in [0.5, 0.6) is 11.5 Å². The van der Waals surface area contributed by atoms with E-state index >= 15 is 0 Å². The molecule has 1 aromatic carbocycles. The molecule has 0 saturated heterocycles. The monoisotopic (exact) mass is 346 g/mol. The highest BCUT2D eigenvalue weighted by Crippen LogP contribution is 2.53. The number of rotatable bonds is 4. The van der Waals surface area contributed by atoms with E-state index in [4.69, 9.17) is 4.42 Å². The van der Waals surface area contributed by atoms with Crippen molar-refractivity contribution in [3.8, 4) is 11.5 Å². The number of carbonyl (C=O) groups excluding carboxylic acids is 1. The summed E-state index contributed by atoms with van der Waals surface area (Å²) in [7, 11) is 0. The smallest absolute Gasteiger partial charge is 0.231 e. The molecule has 6 nitrogen and oxygen atoms in total. The molecule has 0 spiro atoms. The molecule has 3 rings (SSSR count). The van der Waals surface area contributed by atoms with E-state index in [-0.39, 0.29) is 39.2 Å². The van der Waals surface area contributed by atoms with Gasteiger partial charge < -0.3 is 24.8 Å². The summed E-state index contributed by atoms with van der Waals surface area (Å²) in [6.07, 6.45) is 3.54. The first-order valence-corrected chi connectivity index (χ1v) is 8.33. The molecule has 0 saturated carbocycles. The predicted octanol–water partition coefficient (Wildman–Crippen LogP) is 3.81. The van der Waals surface area contributed by atoms with Crippen LogP contribution in [-0.2, 0) is 12.0 Å². The zero-order valence-electron chi connectivity index (χ0n) is 14.5. The third-order valence-corrected chi connectivity index (χ3v) is 5.42. The van der Waals surface area contributed by atoms with Gasteiger partial charge >= 0.3 is 0 Å². The summed E-state index contributed by atoms with van der Waals surface area (Å²) in [5, 5.41) is 41.4. The predicted molar refractivity (Wildman–Crippen MR) is 92.0 cm³/mol. The lowest BCUT2D eigenvalue weighted by Gasteiger charge is -2.37. The van der Waals surface area contributed by atoms with Gasteiger partial charge in [-0.05, 0) is 18.9 Å². The fraction of sp³-hybridized carbons (Fsp3) is 0.421. The van der Waals surface area contributed by atoms with Gasteiger partial charge in [-0.3, -0.25) is 4.79 Å². The summed E-state index contributed by atoms with van der Waals surface area (Å²) in [5.74, 6) is -1.76. The second kappa shape index (κ2) is 5.81. The number of furan rings is 1. The fourth-order valence-corrected chi connectivity index (χ4v) is 3.76. The molecule has 1 heterocycles. The van der Waals surface area contributed by atoms with Gasteiger partial charge in [-0.15, -0.1) is 0 Å². The zero-order chi connectivity index (χ0) is 18.5. The van der Waals surface area contributed by atoms with Crippen LogP contribution in [0.25, 0.3) is 11.0 Å². The van der Waals surface area contributed by atoms with Gasteiger partial charge in [0.25, 0.3) is 0 Å². The van der Waals surface area contributed by atoms with Crippen molar-refractivity contribution in [2.45, 2.75) is 52.1 Å². The Labute approximate surface area is 145 Å². The minimum absolute atomic E-state index is 0.0324. The molecule has 2 aromatic rings. The summed E-state index contributed by atoms with van der Waals surface area (Å²) in [6.45, 7) is 5.10. The lowest BCUT2D eigenvalue weighted by atomic mass is 9.66. The molecule has 0 unspecified atom stereocenters. The van der Waals surface area contributed by atoms with Crippen molar-refractivity contribution in [2.75, 3.05) is 0 Å². The van der Waals surface area contributed by atoms with Crippen molar-refractivity contribution in [2.24, 2.45) is 0 Å². The summed E-state index contributed by atoms with van der Waals surface area (Å²) < 4.78 is 5.35.